The third-order valence-corrected chi connectivity index (χ3v) is 3.09. The van der Waals surface area contributed by atoms with Crippen LogP contribution in [0.1, 0.15) is 5.56 Å². The second-order valence-electron chi connectivity index (χ2n) is 4.66. The standard InChI is InChI=1S/C14H10F3N5O/c15-14(16,17)9-4-7(10-6-21-13(19)22-11(10)18)3-8(5-9)12-20-1-2-23-12/h1-6H,(H4,18,19,21,22). The zero-order valence-corrected chi connectivity index (χ0v) is 11.5. The van der Waals surface area contributed by atoms with E-state index in [1.54, 1.807) is 0 Å². The number of hydrogen-bond donors (Lipinski definition) is 2. The van der Waals surface area contributed by atoms with Gasteiger partial charge in [-0.05, 0) is 23.8 Å². The zero-order valence-electron chi connectivity index (χ0n) is 11.5. The molecule has 0 saturated heterocycles. The minimum Gasteiger partial charge on any atom is -0.445 e. The number of aromatic nitrogens is 3. The van der Waals surface area contributed by atoms with Crippen molar-refractivity contribution in [3.8, 4) is 22.6 Å². The normalized spacial score (nSPS) is 11.6. The molecular formula is C14H10F3N5O. The van der Waals surface area contributed by atoms with E-state index in [0.29, 0.717) is 0 Å². The molecule has 0 radical (unpaired) electrons. The number of oxazole rings is 1. The molecule has 1 aromatic carbocycles. The first-order chi connectivity index (χ1) is 10.8. The highest BCUT2D eigenvalue weighted by molar-refractivity contribution is 5.77. The fraction of sp³-hybridized carbons (Fsp3) is 0.0714. The van der Waals surface area contributed by atoms with Crippen LogP contribution in [0.3, 0.4) is 0 Å². The lowest BCUT2D eigenvalue weighted by molar-refractivity contribution is -0.137. The summed E-state index contributed by atoms with van der Waals surface area (Å²) in [6.45, 7) is 0. The fourth-order valence-corrected chi connectivity index (χ4v) is 2.07. The number of nitrogens with two attached hydrogens (primary N) is 2. The first-order valence-electron chi connectivity index (χ1n) is 6.35. The van der Waals surface area contributed by atoms with Crippen molar-refractivity contribution in [2.24, 2.45) is 0 Å². The molecule has 0 amide bonds. The number of rotatable bonds is 2. The molecule has 0 aliphatic rings. The maximum Gasteiger partial charge on any atom is 0.416 e. The minimum absolute atomic E-state index is 0.0184. The van der Waals surface area contributed by atoms with Gasteiger partial charge in [0, 0.05) is 17.3 Å². The molecular weight excluding hydrogens is 311 g/mol. The maximum atomic E-state index is 13.1. The van der Waals surface area contributed by atoms with Gasteiger partial charge in [0.25, 0.3) is 0 Å². The Morgan fingerprint density at radius 3 is 2.35 bits per heavy atom. The van der Waals surface area contributed by atoms with E-state index in [-0.39, 0.29) is 34.3 Å². The van der Waals surface area contributed by atoms with Crippen LogP contribution < -0.4 is 11.5 Å². The Kier molecular flexibility index (Phi) is 3.40. The summed E-state index contributed by atoms with van der Waals surface area (Å²) < 4.78 is 44.5. The summed E-state index contributed by atoms with van der Waals surface area (Å²) in [5.41, 5.74) is 10.9. The van der Waals surface area contributed by atoms with Crippen molar-refractivity contribution >= 4 is 11.8 Å². The van der Waals surface area contributed by atoms with Crippen LogP contribution in [0, 0.1) is 0 Å². The van der Waals surface area contributed by atoms with Crippen molar-refractivity contribution < 1.29 is 17.6 Å². The first kappa shape index (κ1) is 14.8. The van der Waals surface area contributed by atoms with Gasteiger partial charge in [0.15, 0.2) is 0 Å². The number of nitrogens with zero attached hydrogens (tertiary/aromatic N) is 3. The van der Waals surface area contributed by atoms with Crippen molar-refractivity contribution in [1.82, 2.24) is 15.0 Å². The summed E-state index contributed by atoms with van der Waals surface area (Å²) >= 11 is 0. The Hall–Kier alpha value is -3.10. The lowest BCUT2D eigenvalue weighted by atomic mass is 10.0. The van der Waals surface area contributed by atoms with Gasteiger partial charge in [-0.2, -0.15) is 18.2 Å². The number of alkyl halides is 3. The zero-order chi connectivity index (χ0) is 16.6. The van der Waals surface area contributed by atoms with Gasteiger partial charge in [-0.25, -0.2) is 9.97 Å². The van der Waals surface area contributed by atoms with Crippen molar-refractivity contribution in [1.29, 1.82) is 0 Å². The van der Waals surface area contributed by atoms with Crippen LogP contribution in [-0.2, 0) is 6.18 Å². The van der Waals surface area contributed by atoms with E-state index in [4.69, 9.17) is 15.9 Å². The Balaban J connectivity index is 2.22. The van der Waals surface area contributed by atoms with Gasteiger partial charge in [-0.1, -0.05) is 0 Å². The molecule has 0 bridgehead atoms. The predicted octanol–water partition coefficient (Wildman–Crippen LogP) is 2.98. The quantitative estimate of drug-likeness (QED) is 0.752. The lowest BCUT2D eigenvalue weighted by Crippen LogP contribution is -2.06. The summed E-state index contributed by atoms with van der Waals surface area (Å²) in [5, 5.41) is 0. The number of anilines is 2. The van der Waals surface area contributed by atoms with Crippen molar-refractivity contribution in [2.45, 2.75) is 6.18 Å². The van der Waals surface area contributed by atoms with Crippen LogP contribution in [0.25, 0.3) is 22.6 Å². The summed E-state index contributed by atoms with van der Waals surface area (Å²) in [6.07, 6.45) is -0.654. The van der Waals surface area contributed by atoms with Crippen molar-refractivity contribution in [3.63, 3.8) is 0 Å². The average molecular weight is 321 g/mol. The molecule has 3 aromatic rings. The molecule has 6 nitrogen and oxygen atoms in total. The summed E-state index contributed by atoms with van der Waals surface area (Å²) in [4.78, 5) is 11.4. The van der Waals surface area contributed by atoms with E-state index >= 15 is 0 Å². The molecule has 0 aliphatic heterocycles. The van der Waals surface area contributed by atoms with Crippen LogP contribution in [0.5, 0.6) is 0 Å². The molecule has 0 aliphatic carbocycles. The van der Waals surface area contributed by atoms with Gasteiger partial charge < -0.3 is 15.9 Å². The third-order valence-electron chi connectivity index (χ3n) is 3.09. The van der Waals surface area contributed by atoms with Gasteiger partial charge in [-0.15, -0.1) is 0 Å². The maximum absolute atomic E-state index is 13.1. The lowest BCUT2D eigenvalue weighted by Gasteiger charge is -2.12. The molecule has 2 heterocycles. The second-order valence-corrected chi connectivity index (χ2v) is 4.66. The highest BCUT2D eigenvalue weighted by atomic mass is 19.4. The smallest absolute Gasteiger partial charge is 0.416 e. The molecule has 0 saturated carbocycles. The Morgan fingerprint density at radius 2 is 1.74 bits per heavy atom. The Bertz CT molecular complexity index is 846. The molecule has 3 rings (SSSR count). The number of benzene rings is 1. The van der Waals surface area contributed by atoms with Gasteiger partial charge in [0.1, 0.15) is 12.1 Å². The summed E-state index contributed by atoms with van der Waals surface area (Å²) in [6, 6.07) is 3.37. The molecule has 0 atom stereocenters. The summed E-state index contributed by atoms with van der Waals surface area (Å²) in [7, 11) is 0. The van der Waals surface area contributed by atoms with E-state index in [2.05, 4.69) is 15.0 Å². The molecule has 4 N–H and O–H groups in total. The molecule has 0 fully saturated rings. The van der Waals surface area contributed by atoms with Gasteiger partial charge in [0.2, 0.25) is 11.8 Å². The van der Waals surface area contributed by atoms with E-state index in [0.717, 1.165) is 12.1 Å². The van der Waals surface area contributed by atoms with Crippen LogP contribution in [-0.4, -0.2) is 15.0 Å². The average Bonchev–Trinajstić information content (AvgIpc) is 3.00. The Morgan fingerprint density at radius 1 is 1.00 bits per heavy atom. The number of nitrogen functional groups attached to an aromatic ring is 2. The molecule has 0 unspecified atom stereocenters. The second kappa shape index (κ2) is 5.27. The monoisotopic (exact) mass is 321 g/mol. The molecule has 118 valence electrons. The van der Waals surface area contributed by atoms with Crippen LogP contribution in [0.15, 0.2) is 41.3 Å². The highest BCUT2D eigenvalue weighted by Gasteiger charge is 2.32. The SMILES string of the molecule is Nc1ncc(-c2cc(-c3ncco3)cc(C(F)(F)F)c2)c(N)n1. The van der Waals surface area contributed by atoms with Crippen molar-refractivity contribution in [3.05, 3.63) is 42.4 Å². The van der Waals surface area contributed by atoms with E-state index in [1.165, 1.54) is 24.7 Å². The van der Waals surface area contributed by atoms with E-state index in [1.807, 2.05) is 0 Å². The van der Waals surface area contributed by atoms with E-state index in [9.17, 15) is 13.2 Å². The van der Waals surface area contributed by atoms with Crippen LogP contribution in [0.4, 0.5) is 24.9 Å². The van der Waals surface area contributed by atoms with Gasteiger partial charge >= 0.3 is 6.18 Å². The topological polar surface area (TPSA) is 104 Å². The third kappa shape index (κ3) is 2.93. The largest absolute Gasteiger partial charge is 0.445 e. The number of hydrogen-bond acceptors (Lipinski definition) is 6. The Labute approximate surface area is 128 Å². The van der Waals surface area contributed by atoms with E-state index < -0.39 is 11.7 Å². The van der Waals surface area contributed by atoms with Gasteiger partial charge in [-0.3, -0.25) is 0 Å². The molecule has 0 spiro atoms. The van der Waals surface area contributed by atoms with Crippen LogP contribution >= 0.6 is 0 Å². The predicted molar refractivity (Wildman–Crippen MR) is 76.8 cm³/mol. The van der Waals surface area contributed by atoms with Crippen LogP contribution in [0.2, 0.25) is 0 Å². The summed E-state index contributed by atoms with van der Waals surface area (Å²) in [5.74, 6) is -0.0198. The molecule has 23 heavy (non-hydrogen) atoms. The van der Waals surface area contributed by atoms with Crippen molar-refractivity contribution in [2.75, 3.05) is 11.5 Å². The molecule has 9 heteroatoms. The fourth-order valence-electron chi connectivity index (χ4n) is 2.07. The van der Waals surface area contributed by atoms with Gasteiger partial charge in [0.05, 0.1) is 11.8 Å². The first-order valence-corrected chi connectivity index (χ1v) is 6.35. The molecule has 2 aromatic heterocycles. The number of halogens is 3. The highest BCUT2D eigenvalue weighted by Crippen LogP contribution is 2.36. The minimum atomic E-state index is -4.54.